The monoisotopic (exact) mass is 180 g/mol. The summed E-state index contributed by atoms with van der Waals surface area (Å²) in [6.45, 7) is 0.509. The van der Waals surface area contributed by atoms with Crippen LogP contribution in [0, 0.1) is 5.92 Å². The fourth-order valence-corrected chi connectivity index (χ4v) is 0.674. The zero-order chi connectivity index (χ0) is 6.41. The molecule has 0 radical (unpaired) electrons. The molecule has 0 aliphatic heterocycles. The van der Waals surface area contributed by atoms with Gasteiger partial charge >= 0.3 is 0 Å². The van der Waals surface area contributed by atoms with Gasteiger partial charge in [0.1, 0.15) is 6.29 Å². The summed E-state index contributed by atoms with van der Waals surface area (Å²) in [5.41, 5.74) is 0. The second-order valence-corrected chi connectivity index (χ2v) is 2.15. The van der Waals surface area contributed by atoms with E-state index in [1.807, 2.05) is 0 Å². The van der Waals surface area contributed by atoms with Gasteiger partial charge in [-0.15, -0.1) is 0 Å². The highest BCUT2D eigenvalue weighted by atomic mass is 79.9. The summed E-state index contributed by atoms with van der Waals surface area (Å²) in [7, 11) is 1.58. The van der Waals surface area contributed by atoms with E-state index >= 15 is 0 Å². The van der Waals surface area contributed by atoms with Crippen LogP contribution < -0.4 is 0 Å². The molecule has 0 aromatic heterocycles. The third kappa shape index (κ3) is 3.16. The maximum absolute atomic E-state index is 10.0. The minimum absolute atomic E-state index is 0.0139. The van der Waals surface area contributed by atoms with Crippen molar-refractivity contribution >= 4 is 22.2 Å². The molecule has 0 heterocycles. The quantitative estimate of drug-likeness (QED) is 0.474. The average molecular weight is 181 g/mol. The van der Waals surface area contributed by atoms with E-state index in [0.717, 1.165) is 6.29 Å². The Kier molecular flexibility index (Phi) is 5.32. The summed E-state index contributed by atoms with van der Waals surface area (Å²) >= 11 is 3.17. The lowest BCUT2D eigenvalue weighted by Crippen LogP contribution is -2.10. The van der Waals surface area contributed by atoms with E-state index in [9.17, 15) is 4.79 Å². The lowest BCUT2D eigenvalue weighted by Gasteiger charge is -2.01. The van der Waals surface area contributed by atoms with Crippen molar-refractivity contribution in [2.24, 2.45) is 5.92 Å². The summed E-state index contributed by atoms with van der Waals surface area (Å²) in [5, 5.41) is 0.685. The van der Waals surface area contributed by atoms with Gasteiger partial charge in [-0.3, -0.25) is 0 Å². The Morgan fingerprint density at radius 1 is 1.88 bits per heavy atom. The predicted molar refractivity (Wildman–Crippen MR) is 35.2 cm³/mol. The van der Waals surface area contributed by atoms with Crippen LogP contribution in [0.5, 0.6) is 0 Å². The Labute approximate surface area is 57.3 Å². The molecule has 3 heteroatoms. The van der Waals surface area contributed by atoms with E-state index in [-0.39, 0.29) is 5.92 Å². The third-order valence-electron chi connectivity index (χ3n) is 0.771. The Balaban J connectivity index is 3.21. The Morgan fingerprint density at radius 3 is 2.62 bits per heavy atom. The second kappa shape index (κ2) is 5.25. The van der Waals surface area contributed by atoms with Gasteiger partial charge in [0.15, 0.2) is 0 Å². The highest BCUT2D eigenvalue weighted by Gasteiger charge is 2.01. The molecule has 1 atom stereocenters. The number of carbonyl (C=O) groups is 1. The van der Waals surface area contributed by atoms with Gasteiger partial charge in [-0.25, -0.2) is 0 Å². The summed E-state index contributed by atoms with van der Waals surface area (Å²) in [6, 6.07) is 0. The molecule has 48 valence electrons. The fourth-order valence-electron chi connectivity index (χ4n) is 0.334. The first-order chi connectivity index (χ1) is 3.85. The maximum atomic E-state index is 10.0. The van der Waals surface area contributed by atoms with Crippen LogP contribution in [0.15, 0.2) is 0 Å². The number of alkyl halides is 1. The van der Waals surface area contributed by atoms with Crippen molar-refractivity contribution < 1.29 is 9.53 Å². The van der Waals surface area contributed by atoms with E-state index in [2.05, 4.69) is 15.9 Å². The van der Waals surface area contributed by atoms with Crippen LogP contribution in [0.1, 0.15) is 0 Å². The van der Waals surface area contributed by atoms with Crippen molar-refractivity contribution in [3.8, 4) is 0 Å². The molecule has 8 heavy (non-hydrogen) atoms. The van der Waals surface area contributed by atoms with E-state index in [4.69, 9.17) is 4.74 Å². The smallest absolute Gasteiger partial charge is 0.126 e. The zero-order valence-electron chi connectivity index (χ0n) is 4.76. The van der Waals surface area contributed by atoms with Gasteiger partial charge < -0.3 is 9.53 Å². The highest BCUT2D eigenvalue weighted by molar-refractivity contribution is 9.09. The van der Waals surface area contributed by atoms with Gasteiger partial charge in [-0.2, -0.15) is 0 Å². The van der Waals surface area contributed by atoms with Gasteiger partial charge in [0.2, 0.25) is 0 Å². The van der Waals surface area contributed by atoms with Crippen molar-refractivity contribution in [1.29, 1.82) is 0 Å². The van der Waals surface area contributed by atoms with Crippen LogP contribution in [-0.4, -0.2) is 25.3 Å². The lowest BCUT2D eigenvalue weighted by molar-refractivity contribution is -0.111. The highest BCUT2D eigenvalue weighted by Crippen LogP contribution is 1.96. The molecule has 0 rings (SSSR count). The molecule has 0 bridgehead atoms. The molecule has 0 aliphatic carbocycles. The van der Waals surface area contributed by atoms with Crippen LogP contribution in [0.25, 0.3) is 0 Å². The van der Waals surface area contributed by atoms with Crippen molar-refractivity contribution in [1.82, 2.24) is 0 Å². The minimum atomic E-state index is 0.0139. The number of rotatable bonds is 4. The summed E-state index contributed by atoms with van der Waals surface area (Å²) in [4.78, 5) is 10.0. The second-order valence-electron chi connectivity index (χ2n) is 1.51. The molecular weight excluding hydrogens is 172 g/mol. The molecule has 0 saturated heterocycles. The normalized spacial score (nSPS) is 13.2. The lowest BCUT2D eigenvalue weighted by atomic mass is 10.2. The zero-order valence-corrected chi connectivity index (χ0v) is 6.35. The molecule has 2 nitrogen and oxygen atoms in total. The van der Waals surface area contributed by atoms with E-state index in [1.54, 1.807) is 7.11 Å². The summed E-state index contributed by atoms with van der Waals surface area (Å²) in [6.07, 6.45) is 0.887. The van der Waals surface area contributed by atoms with Crippen LogP contribution in [0.4, 0.5) is 0 Å². The number of methoxy groups -OCH3 is 1. The van der Waals surface area contributed by atoms with Crippen molar-refractivity contribution in [3.63, 3.8) is 0 Å². The van der Waals surface area contributed by atoms with Crippen LogP contribution in [0.2, 0.25) is 0 Å². The molecular formula is C5H9BrO2. The average Bonchev–Trinajstić information content (AvgIpc) is 1.83. The number of aldehydes is 1. The minimum Gasteiger partial charge on any atom is -0.384 e. The number of halogens is 1. The van der Waals surface area contributed by atoms with Gasteiger partial charge in [-0.05, 0) is 0 Å². The van der Waals surface area contributed by atoms with Crippen LogP contribution in [-0.2, 0) is 9.53 Å². The van der Waals surface area contributed by atoms with Gasteiger partial charge in [0.05, 0.1) is 6.61 Å². The molecule has 0 N–H and O–H groups in total. The molecule has 0 aliphatic rings. The van der Waals surface area contributed by atoms with Crippen molar-refractivity contribution in [3.05, 3.63) is 0 Å². The van der Waals surface area contributed by atoms with Gasteiger partial charge in [-0.1, -0.05) is 15.9 Å². The molecule has 0 amide bonds. The van der Waals surface area contributed by atoms with E-state index < -0.39 is 0 Å². The maximum Gasteiger partial charge on any atom is 0.126 e. The number of hydrogen-bond donors (Lipinski definition) is 0. The summed E-state index contributed by atoms with van der Waals surface area (Å²) in [5.74, 6) is 0.0139. The molecule has 0 aromatic rings. The van der Waals surface area contributed by atoms with Crippen LogP contribution >= 0.6 is 15.9 Å². The molecule has 1 unspecified atom stereocenters. The van der Waals surface area contributed by atoms with Crippen LogP contribution in [0.3, 0.4) is 0 Å². The first-order valence-corrected chi connectivity index (χ1v) is 3.47. The molecule has 0 fully saturated rings. The number of hydrogen-bond acceptors (Lipinski definition) is 2. The molecule has 0 aromatic carbocycles. The fraction of sp³-hybridized carbons (Fsp3) is 0.800. The first-order valence-electron chi connectivity index (χ1n) is 2.35. The topological polar surface area (TPSA) is 26.3 Å². The van der Waals surface area contributed by atoms with E-state index in [0.29, 0.717) is 11.9 Å². The van der Waals surface area contributed by atoms with Gasteiger partial charge in [0, 0.05) is 18.4 Å². The number of carbonyl (C=O) groups excluding carboxylic acids is 1. The standard InChI is InChI=1S/C5H9BrO2/c1-8-4-5(2-6)3-7/h3,5H,2,4H2,1H3. The Bertz CT molecular complexity index is 65.4. The van der Waals surface area contributed by atoms with Crippen molar-refractivity contribution in [2.45, 2.75) is 0 Å². The number of ether oxygens (including phenoxy) is 1. The predicted octanol–water partition coefficient (Wildman–Crippen LogP) is 0.843. The van der Waals surface area contributed by atoms with Gasteiger partial charge in [0.25, 0.3) is 0 Å². The Morgan fingerprint density at radius 2 is 2.50 bits per heavy atom. The Hall–Kier alpha value is 0.110. The SMILES string of the molecule is COCC(C=O)CBr. The first kappa shape index (κ1) is 8.11. The largest absolute Gasteiger partial charge is 0.384 e. The molecule has 0 saturated carbocycles. The third-order valence-corrected chi connectivity index (χ3v) is 1.60. The van der Waals surface area contributed by atoms with E-state index in [1.165, 1.54) is 0 Å². The van der Waals surface area contributed by atoms with Crippen molar-refractivity contribution in [2.75, 3.05) is 19.0 Å². The molecule has 0 spiro atoms. The summed E-state index contributed by atoms with van der Waals surface area (Å²) < 4.78 is 4.72.